The number of allylic oxidation sites excluding steroid dienone is 5. The molecule has 0 radical (unpaired) electrons. The molecule has 0 rings (SSSR count). The first-order chi connectivity index (χ1) is 12.4. The van der Waals surface area contributed by atoms with Gasteiger partial charge in [-0.2, -0.15) is 0 Å². The molecule has 0 heterocycles. The van der Waals surface area contributed by atoms with Crippen LogP contribution in [0, 0.1) is 5.92 Å². The summed E-state index contributed by atoms with van der Waals surface area (Å²) in [6, 6.07) is 0. The topological polar surface area (TPSA) is 0 Å². The summed E-state index contributed by atoms with van der Waals surface area (Å²) in [7, 11) is -0.817. The van der Waals surface area contributed by atoms with Gasteiger partial charge in [-0.25, -0.2) is 0 Å². The van der Waals surface area contributed by atoms with Crippen molar-refractivity contribution >= 4 is 7.26 Å². The van der Waals surface area contributed by atoms with Crippen molar-refractivity contribution in [3.63, 3.8) is 0 Å². The highest BCUT2D eigenvalue weighted by Gasteiger charge is 2.35. The molecule has 0 amide bonds. The van der Waals surface area contributed by atoms with Crippen LogP contribution in [-0.4, -0.2) is 24.6 Å². The molecule has 0 N–H and O–H groups in total. The van der Waals surface area contributed by atoms with Gasteiger partial charge in [-0.3, -0.25) is 0 Å². The van der Waals surface area contributed by atoms with Gasteiger partial charge in [0.25, 0.3) is 0 Å². The van der Waals surface area contributed by atoms with Crippen molar-refractivity contribution in [1.29, 1.82) is 0 Å². The van der Waals surface area contributed by atoms with Gasteiger partial charge in [0, 0.05) is 7.26 Å². The molecule has 0 bridgehead atoms. The summed E-state index contributed by atoms with van der Waals surface area (Å²) >= 11 is 0. The molecule has 152 valence electrons. The quantitative estimate of drug-likeness (QED) is 0.143. The van der Waals surface area contributed by atoms with Gasteiger partial charge < -0.3 is 0 Å². The van der Waals surface area contributed by atoms with E-state index in [0.717, 1.165) is 12.0 Å². The minimum absolute atomic E-state index is 0.644. The molecule has 0 aliphatic rings. The Morgan fingerprint density at radius 1 is 0.923 bits per heavy atom. The zero-order valence-electron chi connectivity index (χ0n) is 18.9. The molecule has 0 aromatic heterocycles. The smallest absolute Gasteiger partial charge is 0.0802 e. The Hall–Kier alpha value is -0.350. The second kappa shape index (κ2) is 15.7. The lowest BCUT2D eigenvalue weighted by molar-refractivity contribution is 0.732. The second-order valence-corrected chi connectivity index (χ2v) is 12.7. The van der Waals surface area contributed by atoms with Crippen molar-refractivity contribution in [1.82, 2.24) is 0 Å². The molecule has 0 saturated heterocycles. The van der Waals surface area contributed by atoms with Crippen LogP contribution in [-0.2, 0) is 0 Å². The predicted octanol–water partition coefficient (Wildman–Crippen LogP) is 8.90. The minimum Gasteiger partial charge on any atom is -0.0961 e. The number of rotatable bonds is 16. The Balaban J connectivity index is 5.22. The molecule has 0 aromatic carbocycles. The van der Waals surface area contributed by atoms with Crippen molar-refractivity contribution < 1.29 is 0 Å². The Labute approximate surface area is 167 Å². The molecule has 0 saturated carbocycles. The zero-order chi connectivity index (χ0) is 19.8. The van der Waals surface area contributed by atoms with E-state index in [1.807, 2.05) is 0 Å². The van der Waals surface area contributed by atoms with Crippen LogP contribution in [0.15, 0.2) is 36.0 Å². The van der Waals surface area contributed by atoms with E-state index in [0.29, 0.717) is 5.92 Å². The van der Waals surface area contributed by atoms with Crippen LogP contribution in [0.5, 0.6) is 0 Å². The van der Waals surface area contributed by atoms with E-state index in [1.165, 1.54) is 69.6 Å². The fraction of sp³-hybridized carbons (Fsp3) is 0.760. The van der Waals surface area contributed by atoms with E-state index in [9.17, 15) is 0 Å². The lowest BCUT2D eigenvalue weighted by Gasteiger charge is -2.29. The van der Waals surface area contributed by atoms with Crippen LogP contribution in [0.1, 0.15) is 92.9 Å². The maximum atomic E-state index is 3.97. The molecule has 0 aromatic rings. The van der Waals surface area contributed by atoms with Crippen molar-refractivity contribution in [2.24, 2.45) is 5.92 Å². The van der Waals surface area contributed by atoms with Crippen LogP contribution in [0.3, 0.4) is 0 Å². The molecule has 1 heteroatoms. The van der Waals surface area contributed by atoms with Crippen molar-refractivity contribution in [3.8, 4) is 0 Å². The minimum atomic E-state index is -0.817. The number of hydrogen-bond acceptors (Lipinski definition) is 0. The average molecular weight is 380 g/mol. The lowest BCUT2D eigenvalue weighted by Crippen LogP contribution is -2.14. The maximum Gasteiger partial charge on any atom is 0.0802 e. The molecule has 0 aliphatic carbocycles. The summed E-state index contributed by atoms with van der Waals surface area (Å²) in [4.78, 5) is 0. The van der Waals surface area contributed by atoms with Crippen molar-refractivity contribution in [3.05, 3.63) is 36.0 Å². The molecule has 1 atom stereocenters. The first kappa shape index (κ1) is 25.6. The third-order valence-electron chi connectivity index (χ3n) is 5.38. The van der Waals surface area contributed by atoms with Crippen LogP contribution >= 0.6 is 7.26 Å². The second-order valence-electron chi connectivity index (χ2n) is 8.37. The van der Waals surface area contributed by atoms with E-state index < -0.39 is 7.26 Å². The highest BCUT2D eigenvalue weighted by molar-refractivity contribution is 7.76. The summed E-state index contributed by atoms with van der Waals surface area (Å²) in [5.41, 5.74) is 2.90. The van der Waals surface area contributed by atoms with E-state index >= 15 is 0 Å². The highest BCUT2D eigenvalue weighted by Crippen LogP contribution is 2.62. The van der Waals surface area contributed by atoms with Crippen LogP contribution < -0.4 is 0 Å². The molecule has 0 nitrogen and oxygen atoms in total. The Kier molecular flexibility index (Phi) is 15.5. The predicted molar refractivity (Wildman–Crippen MR) is 127 cm³/mol. The number of hydrogen-bond donors (Lipinski definition) is 0. The Morgan fingerprint density at radius 2 is 1.42 bits per heavy atom. The third-order valence-corrected chi connectivity index (χ3v) is 10.3. The summed E-state index contributed by atoms with van der Waals surface area (Å²) in [6.45, 7) is 17.9. The fourth-order valence-electron chi connectivity index (χ4n) is 3.72. The average Bonchev–Trinajstić information content (AvgIpc) is 2.61. The van der Waals surface area contributed by atoms with Crippen LogP contribution in [0.2, 0.25) is 0 Å². The molecule has 0 fully saturated rings. The molecule has 0 spiro atoms. The standard InChI is InChI=1S/C25H48P/c1-8-12-18-26(19-13-9-2,20-14-10-3)22-25(11-4)21-24(7)17-15-16-23(5)6/h15-16,21,24H,5,8-14,17-20,22H2,1-4,6-7H3/q+1/b16-15+,25-21-/t24-/m1/s1. The summed E-state index contributed by atoms with van der Waals surface area (Å²) in [5.74, 6) is 0.644. The van der Waals surface area contributed by atoms with Gasteiger partial charge in [-0.05, 0) is 50.5 Å². The normalized spacial score (nSPS) is 14.2. The van der Waals surface area contributed by atoms with Gasteiger partial charge in [-0.1, -0.05) is 84.3 Å². The van der Waals surface area contributed by atoms with Gasteiger partial charge >= 0.3 is 0 Å². The largest absolute Gasteiger partial charge is 0.0961 e. The number of unbranched alkanes of at least 4 members (excludes halogenated alkanes) is 3. The molecule has 26 heavy (non-hydrogen) atoms. The Morgan fingerprint density at radius 3 is 1.81 bits per heavy atom. The Bertz CT molecular complexity index is 394. The molecular weight excluding hydrogens is 331 g/mol. The van der Waals surface area contributed by atoms with E-state index in [4.69, 9.17) is 0 Å². The molecule has 0 aliphatic heterocycles. The first-order valence-electron chi connectivity index (χ1n) is 11.3. The highest BCUT2D eigenvalue weighted by atomic mass is 31.2. The summed E-state index contributed by atoms with van der Waals surface area (Å²) in [6.07, 6.45) is 23.9. The van der Waals surface area contributed by atoms with E-state index in [1.54, 1.807) is 5.57 Å². The molecular formula is C25H48P+. The third kappa shape index (κ3) is 12.1. The van der Waals surface area contributed by atoms with Gasteiger partial charge in [0.1, 0.15) is 0 Å². The fourth-order valence-corrected chi connectivity index (χ4v) is 9.02. The van der Waals surface area contributed by atoms with Crippen molar-refractivity contribution in [2.45, 2.75) is 92.9 Å². The lowest BCUT2D eigenvalue weighted by atomic mass is 10.0. The monoisotopic (exact) mass is 379 g/mol. The zero-order valence-corrected chi connectivity index (χ0v) is 19.8. The summed E-state index contributed by atoms with van der Waals surface area (Å²) in [5, 5.41) is 0. The van der Waals surface area contributed by atoms with Gasteiger partial charge in [0.2, 0.25) is 0 Å². The van der Waals surface area contributed by atoms with E-state index in [-0.39, 0.29) is 0 Å². The first-order valence-corrected chi connectivity index (χ1v) is 13.8. The van der Waals surface area contributed by atoms with Crippen molar-refractivity contribution in [2.75, 3.05) is 24.6 Å². The van der Waals surface area contributed by atoms with Gasteiger partial charge in [0.05, 0.1) is 24.6 Å². The van der Waals surface area contributed by atoms with Gasteiger partial charge in [-0.15, -0.1) is 0 Å². The SMILES string of the molecule is C=C(C)/C=C/C[C@@H](C)/C=C(/CC)C[P+](CCCC)(CCCC)CCCC. The molecule has 0 unspecified atom stereocenters. The maximum absolute atomic E-state index is 3.97. The van der Waals surface area contributed by atoms with E-state index in [2.05, 4.69) is 66.3 Å². The summed E-state index contributed by atoms with van der Waals surface area (Å²) < 4.78 is 0. The van der Waals surface area contributed by atoms with Crippen LogP contribution in [0.25, 0.3) is 0 Å². The van der Waals surface area contributed by atoms with Gasteiger partial charge in [0.15, 0.2) is 0 Å². The van der Waals surface area contributed by atoms with Crippen LogP contribution in [0.4, 0.5) is 0 Å².